The zero-order chi connectivity index (χ0) is 16.8. The van der Waals surface area contributed by atoms with Crippen molar-refractivity contribution >= 4 is 11.3 Å². The second-order valence-corrected chi connectivity index (χ2v) is 8.89. The van der Waals surface area contributed by atoms with Gasteiger partial charge in [0.25, 0.3) is 0 Å². The van der Waals surface area contributed by atoms with Gasteiger partial charge in [0.2, 0.25) is 0 Å². The number of allylic oxidation sites excluding steroid dienone is 2. The molecule has 4 aliphatic rings. The number of morpholine rings is 1. The molecule has 1 aromatic rings. The van der Waals surface area contributed by atoms with Crippen molar-refractivity contribution in [3.63, 3.8) is 0 Å². The number of rotatable bonds is 2. The Bertz CT molecular complexity index is 693. The summed E-state index contributed by atoms with van der Waals surface area (Å²) in [5.74, 6) is 1.46. The Morgan fingerprint density at radius 2 is 2.08 bits per heavy atom. The van der Waals surface area contributed by atoms with Gasteiger partial charge in [-0.15, -0.1) is 11.3 Å². The standard InChI is InChI=1S/C20H27N3OS/c1-22-11-12-24-18-13-14(5-6-17(18)22)20-21-16-7-9-23(15-3-2-4-15)10-8-19(16)25-20/h6,13-15H,2-5,7-12H2,1H3. The minimum atomic E-state index is 0.393. The van der Waals surface area contributed by atoms with Crippen LogP contribution in [0, 0.1) is 0 Å². The van der Waals surface area contributed by atoms with Gasteiger partial charge < -0.3 is 9.64 Å². The zero-order valence-electron chi connectivity index (χ0n) is 15.0. The van der Waals surface area contributed by atoms with Gasteiger partial charge in [-0.05, 0) is 31.8 Å². The van der Waals surface area contributed by atoms with E-state index < -0.39 is 0 Å². The first kappa shape index (κ1) is 15.9. The summed E-state index contributed by atoms with van der Waals surface area (Å²) in [5, 5.41) is 1.29. The second kappa shape index (κ2) is 6.44. The van der Waals surface area contributed by atoms with Gasteiger partial charge in [-0.3, -0.25) is 4.90 Å². The van der Waals surface area contributed by atoms with Crippen molar-refractivity contribution in [1.29, 1.82) is 0 Å². The molecule has 3 heterocycles. The molecule has 5 heteroatoms. The van der Waals surface area contributed by atoms with Crippen LogP contribution in [0.4, 0.5) is 0 Å². The van der Waals surface area contributed by atoms with Crippen molar-refractivity contribution in [3.05, 3.63) is 39.2 Å². The lowest BCUT2D eigenvalue weighted by molar-refractivity contribution is 0.133. The molecule has 134 valence electrons. The van der Waals surface area contributed by atoms with Crippen molar-refractivity contribution in [1.82, 2.24) is 14.8 Å². The minimum Gasteiger partial charge on any atom is -0.490 e. The first-order chi connectivity index (χ1) is 12.3. The molecular weight excluding hydrogens is 330 g/mol. The Labute approximate surface area is 154 Å². The van der Waals surface area contributed by atoms with Gasteiger partial charge in [0.1, 0.15) is 17.4 Å². The molecule has 0 spiro atoms. The number of fused-ring (bicyclic) bond motifs is 2. The Morgan fingerprint density at radius 1 is 1.20 bits per heavy atom. The van der Waals surface area contributed by atoms with E-state index in [0.717, 1.165) is 37.8 Å². The molecule has 0 bridgehead atoms. The lowest BCUT2D eigenvalue weighted by atomic mass is 9.91. The Morgan fingerprint density at radius 3 is 2.92 bits per heavy atom. The van der Waals surface area contributed by atoms with Crippen molar-refractivity contribution in [2.75, 3.05) is 33.3 Å². The molecule has 1 atom stereocenters. The molecule has 0 aromatic carbocycles. The fourth-order valence-electron chi connectivity index (χ4n) is 4.40. The number of thiazole rings is 1. The molecule has 1 saturated carbocycles. The normalized spacial score (nSPS) is 27.4. The average Bonchev–Trinajstić information content (AvgIpc) is 2.89. The molecule has 1 unspecified atom stereocenters. The topological polar surface area (TPSA) is 28.6 Å². The fraction of sp³-hybridized carbons (Fsp3) is 0.650. The van der Waals surface area contributed by atoms with Crippen LogP contribution in [0.15, 0.2) is 23.6 Å². The van der Waals surface area contributed by atoms with Crippen LogP contribution < -0.4 is 0 Å². The molecule has 0 amide bonds. The summed E-state index contributed by atoms with van der Waals surface area (Å²) in [5.41, 5.74) is 2.63. The Balaban J connectivity index is 1.32. The molecule has 2 aliphatic carbocycles. The highest BCUT2D eigenvalue weighted by Gasteiger charge is 2.29. The van der Waals surface area contributed by atoms with Gasteiger partial charge >= 0.3 is 0 Å². The van der Waals surface area contributed by atoms with E-state index in [1.54, 1.807) is 0 Å². The maximum atomic E-state index is 5.91. The first-order valence-corrected chi connectivity index (χ1v) is 10.6. The highest BCUT2D eigenvalue weighted by molar-refractivity contribution is 7.11. The van der Waals surface area contributed by atoms with Crippen molar-refractivity contribution in [2.45, 2.75) is 50.5 Å². The van der Waals surface area contributed by atoms with Crippen LogP contribution in [0.2, 0.25) is 0 Å². The molecule has 1 saturated heterocycles. The lowest BCUT2D eigenvalue weighted by Crippen LogP contribution is -2.41. The SMILES string of the molecule is CN1CCOC2=CC(c3nc4c(s3)CCN(C3CCC3)CC4)CC=C21. The highest BCUT2D eigenvalue weighted by atomic mass is 32.1. The van der Waals surface area contributed by atoms with Crippen LogP contribution in [0.1, 0.15) is 47.2 Å². The van der Waals surface area contributed by atoms with Crippen LogP contribution in [0.25, 0.3) is 0 Å². The third-order valence-electron chi connectivity index (χ3n) is 6.23. The fourth-order valence-corrected chi connectivity index (χ4v) is 5.59. The van der Waals surface area contributed by atoms with Crippen LogP contribution in [0.3, 0.4) is 0 Å². The number of nitrogens with zero attached hydrogens (tertiary/aromatic N) is 3. The molecule has 2 aliphatic heterocycles. The molecule has 5 rings (SSSR count). The molecular formula is C20H27N3OS. The van der Waals surface area contributed by atoms with Gasteiger partial charge in [0.15, 0.2) is 0 Å². The Hall–Kier alpha value is -1.33. The van der Waals surface area contributed by atoms with E-state index in [1.807, 2.05) is 11.3 Å². The third-order valence-corrected chi connectivity index (χ3v) is 7.52. The lowest BCUT2D eigenvalue weighted by Gasteiger charge is -2.36. The number of hydrogen-bond donors (Lipinski definition) is 0. The monoisotopic (exact) mass is 357 g/mol. The van der Waals surface area contributed by atoms with E-state index in [4.69, 9.17) is 9.72 Å². The average molecular weight is 358 g/mol. The van der Waals surface area contributed by atoms with E-state index in [2.05, 4.69) is 29.0 Å². The van der Waals surface area contributed by atoms with E-state index in [9.17, 15) is 0 Å². The number of likely N-dealkylation sites (N-methyl/N-ethyl adjacent to an activating group) is 1. The molecule has 4 nitrogen and oxygen atoms in total. The van der Waals surface area contributed by atoms with Crippen molar-refractivity contribution < 1.29 is 4.74 Å². The summed E-state index contributed by atoms with van der Waals surface area (Å²) in [6.45, 7) is 4.20. The van der Waals surface area contributed by atoms with Crippen LogP contribution >= 0.6 is 11.3 Å². The van der Waals surface area contributed by atoms with Crippen LogP contribution in [-0.2, 0) is 17.6 Å². The van der Waals surface area contributed by atoms with Gasteiger partial charge in [-0.25, -0.2) is 4.98 Å². The van der Waals surface area contributed by atoms with E-state index in [-0.39, 0.29) is 0 Å². The predicted octanol–water partition coefficient (Wildman–Crippen LogP) is 3.31. The van der Waals surface area contributed by atoms with E-state index in [0.29, 0.717) is 5.92 Å². The van der Waals surface area contributed by atoms with Gasteiger partial charge in [0, 0.05) is 43.4 Å². The number of aromatic nitrogens is 1. The smallest absolute Gasteiger partial charge is 0.139 e. The third kappa shape index (κ3) is 2.91. The summed E-state index contributed by atoms with van der Waals surface area (Å²) < 4.78 is 5.91. The first-order valence-electron chi connectivity index (χ1n) is 9.77. The summed E-state index contributed by atoms with van der Waals surface area (Å²) in [6.07, 6.45) is 12.3. The minimum absolute atomic E-state index is 0.393. The quantitative estimate of drug-likeness (QED) is 0.812. The highest BCUT2D eigenvalue weighted by Crippen LogP contribution is 2.37. The van der Waals surface area contributed by atoms with Gasteiger partial charge in [-0.2, -0.15) is 0 Å². The number of ether oxygens (including phenoxy) is 1. The summed E-state index contributed by atoms with van der Waals surface area (Å²) >= 11 is 1.95. The molecule has 2 fully saturated rings. The Kier molecular flexibility index (Phi) is 4.09. The largest absolute Gasteiger partial charge is 0.490 e. The molecule has 0 radical (unpaired) electrons. The summed E-state index contributed by atoms with van der Waals surface area (Å²) in [6, 6.07) is 0.862. The van der Waals surface area contributed by atoms with E-state index in [1.165, 1.54) is 60.0 Å². The maximum Gasteiger partial charge on any atom is 0.139 e. The summed E-state index contributed by atoms with van der Waals surface area (Å²) in [7, 11) is 2.15. The predicted molar refractivity (Wildman–Crippen MR) is 101 cm³/mol. The molecule has 0 N–H and O–H groups in total. The number of hydrogen-bond acceptors (Lipinski definition) is 5. The van der Waals surface area contributed by atoms with Crippen molar-refractivity contribution in [2.24, 2.45) is 0 Å². The second-order valence-electron chi connectivity index (χ2n) is 7.78. The van der Waals surface area contributed by atoms with E-state index >= 15 is 0 Å². The molecule has 1 aromatic heterocycles. The van der Waals surface area contributed by atoms with Gasteiger partial charge in [-0.1, -0.05) is 12.5 Å². The molecule has 25 heavy (non-hydrogen) atoms. The van der Waals surface area contributed by atoms with Crippen LogP contribution in [-0.4, -0.2) is 54.1 Å². The zero-order valence-corrected chi connectivity index (χ0v) is 15.9. The van der Waals surface area contributed by atoms with Crippen molar-refractivity contribution in [3.8, 4) is 0 Å². The van der Waals surface area contributed by atoms with Crippen LogP contribution in [0.5, 0.6) is 0 Å². The maximum absolute atomic E-state index is 5.91. The summed E-state index contributed by atoms with van der Waals surface area (Å²) in [4.78, 5) is 11.6. The van der Waals surface area contributed by atoms with Gasteiger partial charge in [0.05, 0.1) is 17.9 Å².